The smallest absolute Gasteiger partial charge is 0.121 e. The molecular weight excluding hydrogens is 426 g/mol. The van der Waals surface area contributed by atoms with Gasteiger partial charge in [0.1, 0.15) is 11.5 Å². The summed E-state index contributed by atoms with van der Waals surface area (Å²) in [5, 5.41) is 20.3. The maximum absolute atomic E-state index is 10.2. The van der Waals surface area contributed by atoms with Gasteiger partial charge in [-0.25, -0.2) is 0 Å². The Balaban J connectivity index is 1.56. The lowest BCUT2D eigenvalue weighted by atomic mass is 9.98. The van der Waals surface area contributed by atoms with Gasteiger partial charge in [0.15, 0.2) is 0 Å². The molecule has 0 fully saturated rings. The van der Waals surface area contributed by atoms with Crippen molar-refractivity contribution in [2.24, 2.45) is 0 Å². The van der Waals surface area contributed by atoms with Crippen molar-refractivity contribution in [2.45, 2.75) is 37.5 Å². The lowest BCUT2D eigenvalue weighted by molar-refractivity contribution is 0.466. The minimum Gasteiger partial charge on any atom is -0.507 e. The minimum atomic E-state index is 0.368. The first kappa shape index (κ1) is 21.5. The molecule has 0 saturated heterocycles. The third kappa shape index (κ3) is 3.65. The molecule has 2 N–H and O–H groups in total. The van der Waals surface area contributed by atoms with E-state index in [1.165, 1.54) is 21.2 Å². The molecule has 33 heavy (non-hydrogen) atoms. The second-order valence-corrected chi connectivity index (χ2v) is 10.0. The highest BCUT2D eigenvalue weighted by molar-refractivity contribution is 7.99. The summed E-state index contributed by atoms with van der Waals surface area (Å²) in [7, 11) is 2.11. The van der Waals surface area contributed by atoms with Gasteiger partial charge in [-0.3, -0.25) is 0 Å². The number of nitrogens with zero attached hydrogens (tertiary/aromatic N) is 1. The standard InChI is InChI=1S/C29H27NO2S/c1-16-10-22(11-17(2)28(16)31)20-6-8-24-26(14-20)33-27-15-21(7-9-25(27)30(24)5)23-12-18(3)29(32)19(4)13-23/h6-15,31-32H,1-5H3. The number of hydrogen-bond donors (Lipinski definition) is 2. The Morgan fingerprint density at radius 2 is 0.909 bits per heavy atom. The summed E-state index contributed by atoms with van der Waals surface area (Å²) in [5.41, 5.74) is 10.5. The van der Waals surface area contributed by atoms with Crippen molar-refractivity contribution in [2.75, 3.05) is 11.9 Å². The van der Waals surface area contributed by atoms with Gasteiger partial charge < -0.3 is 15.1 Å². The highest BCUT2D eigenvalue weighted by atomic mass is 32.2. The van der Waals surface area contributed by atoms with Crippen LogP contribution in [0, 0.1) is 27.7 Å². The molecule has 1 heterocycles. The topological polar surface area (TPSA) is 43.7 Å². The second kappa shape index (κ2) is 7.89. The van der Waals surface area contributed by atoms with Crippen LogP contribution in [0.1, 0.15) is 22.3 Å². The van der Waals surface area contributed by atoms with Crippen LogP contribution in [-0.2, 0) is 0 Å². The molecule has 0 saturated carbocycles. The molecule has 4 aromatic carbocycles. The number of hydrogen-bond acceptors (Lipinski definition) is 4. The summed E-state index contributed by atoms with van der Waals surface area (Å²) >= 11 is 1.79. The van der Waals surface area contributed by atoms with E-state index in [1.807, 2.05) is 52.0 Å². The number of aromatic hydroxyl groups is 2. The van der Waals surface area contributed by atoms with Crippen LogP contribution in [0.2, 0.25) is 0 Å². The van der Waals surface area contributed by atoms with Gasteiger partial charge in [-0.05, 0) is 121 Å². The summed E-state index contributed by atoms with van der Waals surface area (Å²) < 4.78 is 0. The van der Waals surface area contributed by atoms with Crippen molar-refractivity contribution in [1.82, 2.24) is 0 Å². The first-order valence-corrected chi connectivity index (χ1v) is 11.9. The summed E-state index contributed by atoms with van der Waals surface area (Å²) in [6, 6.07) is 21.3. The van der Waals surface area contributed by atoms with Crippen molar-refractivity contribution in [1.29, 1.82) is 0 Å². The van der Waals surface area contributed by atoms with Gasteiger partial charge in [0.25, 0.3) is 0 Å². The fraction of sp³-hybridized carbons (Fsp3) is 0.172. The molecule has 1 aliphatic heterocycles. The monoisotopic (exact) mass is 453 g/mol. The van der Waals surface area contributed by atoms with Crippen molar-refractivity contribution in [3.63, 3.8) is 0 Å². The van der Waals surface area contributed by atoms with Gasteiger partial charge in [-0.1, -0.05) is 23.9 Å². The summed E-state index contributed by atoms with van der Waals surface area (Å²) in [4.78, 5) is 4.66. The number of phenolic OH excluding ortho intramolecular Hbond substituents is 2. The lowest BCUT2D eigenvalue weighted by Gasteiger charge is -2.30. The molecule has 5 rings (SSSR count). The molecule has 0 aliphatic carbocycles. The Hall–Kier alpha value is -3.37. The molecule has 0 atom stereocenters. The third-order valence-corrected chi connectivity index (χ3v) is 7.60. The van der Waals surface area contributed by atoms with Crippen LogP contribution in [0.15, 0.2) is 70.5 Å². The number of fused-ring (bicyclic) bond motifs is 2. The molecule has 0 unspecified atom stereocenters. The quantitative estimate of drug-likeness (QED) is 0.324. The van der Waals surface area contributed by atoms with Crippen LogP contribution in [-0.4, -0.2) is 17.3 Å². The Labute approximate surface area is 199 Å². The van der Waals surface area contributed by atoms with Gasteiger partial charge in [0.05, 0.1) is 11.4 Å². The first-order chi connectivity index (χ1) is 15.7. The maximum Gasteiger partial charge on any atom is 0.121 e. The van der Waals surface area contributed by atoms with Crippen LogP contribution in [0.4, 0.5) is 11.4 Å². The highest BCUT2D eigenvalue weighted by Crippen LogP contribution is 2.49. The number of aryl methyl sites for hydroxylation is 4. The van der Waals surface area contributed by atoms with E-state index in [0.29, 0.717) is 11.5 Å². The third-order valence-electron chi connectivity index (χ3n) is 6.51. The molecule has 0 bridgehead atoms. The molecule has 3 nitrogen and oxygen atoms in total. The average Bonchev–Trinajstić information content (AvgIpc) is 2.79. The van der Waals surface area contributed by atoms with Crippen LogP contribution in [0.3, 0.4) is 0 Å². The summed E-state index contributed by atoms with van der Waals surface area (Å²) in [6.07, 6.45) is 0. The average molecular weight is 454 g/mol. The zero-order chi connectivity index (χ0) is 23.4. The Bertz CT molecular complexity index is 1270. The number of phenols is 2. The van der Waals surface area contributed by atoms with E-state index in [4.69, 9.17) is 0 Å². The van der Waals surface area contributed by atoms with Gasteiger partial charge in [0.2, 0.25) is 0 Å². The van der Waals surface area contributed by atoms with Gasteiger partial charge in [-0.15, -0.1) is 0 Å². The largest absolute Gasteiger partial charge is 0.507 e. The Kier molecular flexibility index (Phi) is 5.13. The van der Waals surface area contributed by atoms with E-state index >= 15 is 0 Å². The summed E-state index contributed by atoms with van der Waals surface area (Å²) in [6.45, 7) is 7.77. The Morgan fingerprint density at radius 3 is 1.27 bits per heavy atom. The summed E-state index contributed by atoms with van der Waals surface area (Å²) in [5.74, 6) is 0.735. The number of rotatable bonds is 2. The zero-order valence-corrected chi connectivity index (χ0v) is 20.3. The first-order valence-electron chi connectivity index (χ1n) is 11.0. The van der Waals surface area contributed by atoms with E-state index in [0.717, 1.165) is 44.5 Å². The van der Waals surface area contributed by atoms with E-state index in [2.05, 4.69) is 48.3 Å². The van der Waals surface area contributed by atoms with Gasteiger partial charge in [-0.2, -0.15) is 0 Å². The molecule has 4 heteroatoms. The highest BCUT2D eigenvalue weighted by Gasteiger charge is 2.22. The Morgan fingerprint density at radius 1 is 0.545 bits per heavy atom. The molecule has 4 aromatic rings. The van der Waals surface area contributed by atoms with Crippen molar-refractivity contribution < 1.29 is 10.2 Å². The minimum absolute atomic E-state index is 0.368. The fourth-order valence-corrected chi connectivity index (χ4v) is 5.83. The van der Waals surface area contributed by atoms with Gasteiger partial charge in [0, 0.05) is 16.8 Å². The maximum atomic E-state index is 10.2. The predicted molar refractivity (Wildman–Crippen MR) is 138 cm³/mol. The predicted octanol–water partition coefficient (Wildman–Crippen LogP) is 7.90. The molecule has 0 spiro atoms. The number of benzene rings is 4. The molecule has 0 aromatic heterocycles. The van der Waals surface area contributed by atoms with Crippen LogP contribution in [0.25, 0.3) is 22.3 Å². The zero-order valence-electron chi connectivity index (χ0n) is 19.5. The van der Waals surface area contributed by atoms with E-state index < -0.39 is 0 Å². The molecule has 0 amide bonds. The van der Waals surface area contributed by atoms with Crippen molar-refractivity contribution in [3.8, 4) is 33.8 Å². The number of anilines is 2. The molecular formula is C29H27NO2S. The van der Waals surface area contributed by atoms with Crippen LogP contribution >= 0.6 is 11.8 Å². The van der Waals surface area contributed by atoms with Crippen LogP contribution in [0.5, 0.6) is 11.5 Å². The molecule has 0 radical (unpaired) electrons. The fourth-order valence-electron chi connectivity index (χ4n) is 4.60. The second-order valence-electron chi connectivity index (χ2n) is 8.94. The lowest BCUT2D eigenvalue weighted by Crippen LogP contribution is -2.14. The molecule has 1 aliphatic rings. The van der Waals surface area contributed by atoms with Crippen molar-refractivity contribution in [3.05, 3.63) is 82.9 Å². The SMILES string of the molecule is Cc1cc(-c2ccc3c(c2)Sc2cc(-c4cc(C)c(O)c(C)c4)ccc2N3C)cc(C)c1O. The van der Waals surface area contributed by atoms with E-state index in [1.54, 1.807) is 11.8 Å². The van der Waals surface area contributed by atoms with Gasteiger partial charge >= 0.3 is 0 Å². The van der Waals surface area contributed by atoms with Crippen LogP contribution < -0.4 is 4.90 Å². The molecule has 166 valence electrons. The van der Waals surface area contributed by atoms with E-state index in [-0.39, 0.29) is 0 Å². The normalized spacial score (nSPS) is 12.5. The van der Waals surface area contributed by atoms with Crippen molar-refractivity contribution >= 4 is 23.1 Å². The van der Waals surface area contributed by atoms with E-state index in [9.17, 15) is 10.2 Å².